The molecule has 0 fully saturated rings. The van der Waals surface area contributed by atoms with Crippen LogP contribution >= 0.6 is 0 Å². The SMILES string of the molecule is Cc1cccc(-c2cc(C(C)(C)C)[nH]n2)c1. The number of H-pyrrole nitrogens is 1. The molecule has 2 heteroatoms. The van der Waals surface area contributed by atoms with Crippen molar-refractivity contribution in [2.24, 2.45) is 0 Å². The normalized spacial score (nSPS) is 11.8. The van der Waals surface area contributed by atoms with Gasteiger partial charge < -0.3 is 0 Å². The van der Waals surface area contributed by atoms with Gasteiger partial charge in [0.15, 0.2) is 0 Å². The highest BCUT2D eigenvalue weighted by Gasteiger charge is 2.16. The lowest BCUT2D eigenvalue weighted by Gasteiger charge is -2.14. The standard InChI is InChI=1S/C14H18N2/c1-10-6-5-7-11(8-10)12-9-13(16-15-12)14(2,3)4/h5-9H,1-4H3,(H,15,16). The molecule has 0 aliphatic heterocycles. The molecule has 1 heterocycles. The first-order chi connectivity index (χ1) is 7.47. The van der Waals surface area contributed by atoms with E-state index < -0.39 is 0 Å². The summed E-state index contributed by atoms with van der Waals surface area (Å²) in [7, 11) is 0. The van der Waals surface area contributed by atoms with Crippen LogP contribution in [0.4, 0.5) is 0 Å². The van der Waals surface area contributed by atoms with Crippen molar-refractivity contribution in [3.8, 4) is 11.3 Å². The third kappa shape index (κ3) is 2.16. The van der Waals surface area contributed by atoms with Crippen LogP contribution in [0.15, 0.2) is 30.3 Å². The highest BCUT2D eigenvalue weighted by molar-refractivity contribution is 5.60. The second kappa shape index (κ2) is 3.78. The molecular formula is C14H18N2. The summed E-state index contributed by atoms with van der Waals surface area (Å²) < 4.78 is 0. The molecule has 0 radical (unpaired) electrons. The van der Waals surface area contributed by atoms with Gasteiger partial charge in [0.05, 0.1) is 5.69 Å². The summed E-state index contributed by atoms with van der Waals surface area (Å²) in [5.41, 5.74) is 4.75. The first kappa shape index (κ1) is 10.9. The summed E-state index contributed by atoms with van der Waals surface area (Å²) in [6, 6.07) is 10.5. The second-order valence-corrected chi connectivity index (χ2v) is 5.29. The van der Waals surface area contributed by atoms with E-state index in [9.17, 15) is 0 Å². The maximum atomic E-state index is 4.37. The van der Waals surface area contributed by atoms with Gasteiger partial charge in [-0.2, -0.15) is 5.10 Å². The average Bonchev–Trinajstić information content (AvgIpc) is 2.65. The van der Waals surface area contributed by atoms with Gasteiger partial charge in [0.25, 0.3) is 0 Å². The number of hydrogen-bond donors (Lipinski definition) is 1. The smallest absolute Gasteiger partial charge is 0.0923 e. The Kier molecular flexibility index (Phi) is 2.58. The van der Waals surface area contributed by atoms with Crippen LogP contribution in [-0.4, -0.2) is 10.2 Å². The van der Waals surface area contributed by atoms with Gasteiger partial charge in [-0.15, -0.1) is 0 Å². The van der Waals surface area contributed by atoms with Crippen LogP contribution in [-0.2, 0) is 5.41 Å². The van der Waals surface area contributed by atoms with Crippen molar-refractivity contribution in [1.82, 2.24) is 10.2 Å². The zero-order chi connectivity index (χ0) is 11.8. The molecule has 2 aromatic rings. The Balaban J connectivity index is 2.39. The average molecular weight is 214 g/mol. The molecule has 1 aromatic heterocycles. The highest BCUT2D eigenvalue weighted by Crippen LogP contribution is 2.25. The van der Waals surface area contributed by atoms with Crippen molar-refractivity contribution in [3.05, 3.63) is 41.6 Å². The minimum absolute atomic E-state index is 0.120. The molecule has 0 saturated heterocycles. The molecule has 1 N–H and O–H groups in total. The van der Waals surface area contributed by atoms with Gasteiger partial charge in [-0.05, 0) is 19.1 Å². The topological polar surface area (TPSA) is 28.7 Å². The summed E-state index contributed by atoms with van der Waals surface area (Å²) in [6.45, 7) is 8.64. The Morgan fingerprint density at radius 2 is 1.88 bits per heavy atom. The van der Waals surface area contributed by atoms with E-state index in [0.29, 0.717) is 0 Å². The number of rotatable bonds is 1. The van der Waals surface area contributed by atoms with Crippen LogP contribution in [0.2, 0.25) is 0 Å². The quantitative estimate of drug-likeness (QED) is 0.770. The monoisotopic (exact) mass is 214 g/mol. The van der Waals surface area contributed by atoms with E-state index in [4.69, 9.17) is 0 Å². The molecule has 0 atom stereocenters. The number of hydrogen-bond acceptors (Lipinski definition) is 1. The largest absolute Gasteiger partial charge is 0.281 e. The Hall–Kier alpha value is -1.57. The lowest BCUT2D eigenvalue weighted by molar-refractivity contribution is 0.567. The van der Waals surface area contributed by atoms with E-state index in [1.54, 1.807) is 0 Å². The molecule has 0 aliphatic carbocycles. The van der Waals surface area contributed by atoms with E-state index >= 15 is 0 Å². The van der Waals surface area contributed by atoms with Crippen molar-refractivity contribution in [3.63, 3.8) is 0 Å². The fourth-order valence-electron chi connectivity index (χ4n) is 1.66. The third-order valence-electron chi connectivity index (χ3n) is 2.70. The Morgan fingerprint density at radius 1 is 1.12 bits per heavy atom. The van der Waals surface area contributed by atoms with Gasteiger partial charge in [-0.3, -0.25) is 5.10 Å². The maximum Gasteiger partial charge on any atom is 0.0923 e. The molecule has 0 bridgehead atoms. The van der Waals surface area contributed by atoms with Crippen molar-refractivity contribution in [2.75, 3.05) is 0 Å². The Morgan fingerprint density at radius 3 is 2.44 bits per heavy atom. The van der Waals surface area contributed by atoms with Gasteiger partial charge in [-0.25, -0.2) is 0 Å². The summed E-state index contributed by atoms with van der Waals surface area (Å²) in [4.78, 5) is 0. The lowest BCUT2D eigenvalue weighted by atomic mass is 9.92. The minimum atomic E-state index is 0.120. The maximum absolute atomic E-state index is 4.37. The van der Waals surface area contributed by atoms with Crippen LogP contribution in [0, 0.1) is 6.92 Å². The molecule has 1 aromatic carbocycles. The van der Waals surface area contributed by atoms with Gasteiger partial charge in [0, 0.05) is 16.7 Å². The summed E-state index contributed by atoms with van der Waals surface area (Å²) in [5, 5.41) is 7.48. The summed E-state index contributed by atoms with van der Waals surface area (Å²) >= 11 is 0. The van der Waals surface area contributed by atoms with E-state index in [1.807, 2.05) is 0 Å². The molecule has 0 spiro atoms. The molecule has 2 nitrogen and oxygen atoms in total. The van der Waals surface area contributed by atoms with E-state index in [2.05, 4.69) is 68.2 Å². The van der Waals surface area contributed by atoms with Crippen LogP contribution in [0.1, 0.15) is 32.0 Å². The molecule has 84 valence electrons. The van der Waals surface area contributed by atoms with Crippen molar-refractivity contribution in [2.45, 2.75) is 33.1 Å². The van der Waals surface area contributed by atoms with Crippen LogP contribution in [0.3, 0.4) is 0 Å². The molecule has 0 aliphatic rings. The molecular weight excluding hydrogens is 196 g/mol. The lowest BCUT2D eigenvalue weighted by Crippen LogP contribution is -2.11. The van der Waals surface area contributed by atoms with Crippen LogP contribution in [0.5, 0.6) is 0 Å². The number of nitrogens with zero attached hydrogens (tertiary/aromatic N) is 1. The van der Waals surface area contributed by atoms with Gasteiger partial charge in [-0.1, -0.05) is 44.5 Å². The second-order valence-electron chi connectivity index (χ2n) is 5.29. The molecule has 0 saturated carbocycles. The number of aromatic amines is 1. The van der Waals surface area contributed by atoms with Crippen molar-refractivity contribution < 1.29 is 0 Å². The molecule has 16 heavy (non-hydrogen) atoms. The predicted molar refractivity (Wildman–Crippen MR) is 67.5 cm³/mol. The fraction of sp³-hybridized carbons (Fsp3) is 0.357. The van der Waals surface area contributed by atoms with E-state index in [0.717, 1.165) is 5.69 Å². The molecule has 2 rings (SSSR count). The molecule has 0 amide bonds. The number of aromatic nitrogens is 2. The van der Waals surface area contributed by atoms with Crippen molar-refractivity contribution in [1.29, 1.82) is 0 Å². The minimum Gasteiger partial charge on any atom is -0.281 e. The van der Waals surface area contributed by atoms with Gasteiger partial charge in [0.1, 0.15) is 0 Å². The first-order valence-corrected chi connectivity index (χ1v) is 5.60. The van der Waals surface area contributed by atoms with Gasteiger partial charge in [0.2, 0.25) is 0 Å². The summed E-state index contributed by atoms with van der Waals surface area (Å²) in [6.07, 6.45) is 0. The van der Waals surface area contributed by atoms with E-state index in [-0.39, 0.29) is 5.41 Å². The van der Waals surface area contributed by atoms with Gasteiger partial charge >= 0.3 is 0 Å². The number of aryl methyl sites for hydroxylation is 1. The zero-order valence-electron chi connectivity index (χ0n) is 10.3. The first-order valence-electron chi connectivity index (χ1n) is 5.60. The fourth-order valence-corrected chi connectivity index (χ4v) is 1.66. The number of benzene rings is 1. The van der Waals surface area contributed by atoms with Crippen molar-refractivity contribution >= 4 is 0 Å². The predicted octanol–water partition coefficient (Wildman–Crippen LogP) is 3.68. The Bertz CT molecular complexity index is 489. The third-order valence-corrected chi connectivity index (χ3v) is 2.70. The van der Waals surface area contributed by atoms with Crippen LogP contribution in [0.25, 0.3) is 11.3 Å². The number of nitrogens with one attached hydrogen (secondary N) is 1. The van der Waals surface area contributed by atoms with Crippen LogP contribution < -0.4 is 0 Å². The van der Waals surface area contributed by atoms with E-state index in [1.165, 1.54) is 16.8 Å². The summed E-state index contributed by atoms with van der Waals surface area (Å²) in [5.74, 6) is 0. The Labute approximate surface area is 96.7 Å². The zero-order valence-corrected chi connectivity index (χ0v) is 10.3. The molecule has 0 unspecified atom stereocenters. The highest BCUT2D eigenvalue weighted by atomic mass is 15.1.